The molecule has 0 aromatic heterocycles. The van der Waals surface area contributed by atoms with Crippen LogP contribution in [0.25, 0.3) is 0 Å². The minimum atomic E-state index is -0.720. The molecule has 0 aromatic carbocycles. The first-order valence-electron chi connectivity index (χ1n) is 12.2. The maximum atomic E-state index is 12.8. The molecule has 1 aliphatic carbocycles. The number of hydrogen-bond acceptors (Lipinski definition) is 3. The Morgan fingerprint density at radius 1 is 0.862 bits per heavy atom. The molecule has 1 saturated carbocycles. The summed E-state index contributed by atoms with van der Waals surface area (Å²) in [5.74, 6) is 0.0477. The highest BCUT2D eigenvalue weighted by Gasteiger charge is 2.44. The summed E-state index contributed by atoms with van der Waals surface area (Å²) in [4.78, 5) is 24.1. The van der Waals surface area contributed by atoms with E-state index in [-0.39, 0.29) is 11.9 Å². The van der Waals surface area contributed by atoms with Crippen LogP contribution in [0.3, 0.4) is 0 Å². The average molecular weight is 411 g/mol. The van der Waals surface area contributed by atoms with E-state index in [1.165, 1.54) is 44.9 Å². The molecular weight excluding hydrogens is 364 g/mol. The van der Waals surface area contributed by atoms with Gasteiger partial charge in [0.1, 0.15) is 0 Å². The molecule has 0 bridgehead atoms. The molecular formula is C25H46O4. The van der Waals surface area contributed by atoms with Crippen LogP contribution in [0.2, 0.25) is 0 Å². The fourth-order valence-electron chi connectivity index (χ4n) is 4.45. The van der Waals surface area contributed by atoms with Crippen LogP contribution in [0.15, 0.2) is 0 Å². The molecule has 4 nitrogen and oxygen atoms in total. The average Bonchev–Trinajstić information content (AvgIpc) is 2.67. The molecule has 0 amide bonds. The predicted molar refractivity (Wildman–Crippen MR) is 119 cm³/mol. The van der Waals surface area contributed by atoms with Crippen molar-refractivity contribution in [2.75, 3.05) is 6.61 Å². The Morgan fingerprint density at radius 2 is 1.38 bits per heavy atom. The molecule has 0 saturated heterocycles. The van der Waals surface area contributed by atoms with Gasteiger partial charge in [0.25, 0.3) is 0 Å². The third-order valence-electron chi connectivity index (χ3n) is 6.46. The lowest BCUT2D eigenvalue weighted by atomic mass is 9.67. The molecule has 0 aliphatic heterocycles. The van der Waals surface area contributed by atoms with Crippen LogP contribution in [-0.4, -0.2) is 23.7 Å². The zero-order valence-electron chi connectivity index (χ0n) is 19.5. The van der Waals surface area contributed by atoms with Crippen molar-refractivity contribution in [3.8, 4) is 0 Å². The third-order valence-corrected chi connectivity index (χ3v) is 6.46. The van der Waals surface area contributed by atoms with Gasteiger partial charge < -0.3 is 9.84 Å². The molecule has 4 heteroatoms. The number of carboxylic acid groups (broad SMARTS) is 1. The fraction of sp³-hybridized carbons (Fsp3) is 0.920. The number of unbranched alkanes of at least 4 members (excludes halogenated alkanes) is 7. The van der Waals surface area contributed by atoms with Crippen molar-refractivity contribution >= 4 is 11.9 Å². The van der Waals surface area contributed by atoms with Gasteiger partial charge in [-0.25, -0.2) is 0 Å². The van der Waals surface area contributed by atoms with Gasteiger partial charge in [-0.2, -0.15) is 0 Å². The van der Waals surface area contributed by atoms with Gasteiger partial charge >= 0.3 is 11.9 Å². The van der Waals surface area contributed by atoms with Crippen LogP contribution < -0.4 is 0 Å². The molecule has 1 aliphatic rings. The number of hydrogen-bond donors (Lipinski definition) is 1. The van der Waals surface area contributed by atoms with E-state index in [4.69, 9.17) is 4.74 Å². The largest absolute Gasteiger partial charge is 0.481 e. The first-order chi connectivity index (χ1) is 13.8. The molecule has 1 rings (SSSR count). The minimum absolute atomic E-state index is 0.0832. The maximum Gasteiger partial charge on any atom is 0.312 e. The molecule has 0 aromatic rings. The topological polar surface area (TPSA) is 63.6 Å². The molecule has 0 heterocycles. The van der Waals surface area contributed by atoms with Crippen LogP contribution in [0.5, 0.6) is 0 Å². The Morgan fingerprint density at radius 3 is 1.86 bits per heavy atom. The lowest BCUT2D eigenvalue weighted by Gasteiger charge is -2.37. The van der Waals surface area contributed by atoms with E-state index in [9.17, 15) is 14.7 Å². The second kappa shape index (κ2) is 14.0. The van der Waals surface area contributed by atoms with Gasteiger partial charge in [0.15, 0.2) is 0 Å². The van der Waals surface area contributed by atoms with Crippen LogP contribution in [0.4, 0.5) is 0 Å². The number of aliphatic carboxylic acids is 1. The van der Waals surface area contributed by atoms with Gasteiger partial charge in [-0.1, -0.05) is 85.5 Å². The van der Waals surface area contributed by atoms with Gasteiger partial charge in [-0.3, -0.25) is 9.59 Å². The number of carbonyl (C=O) groups excluding carboxylic acids is 1. The van der Waals surface area contributed by atoms with E-state index in [0.717, 1.165) is 25.2 Å². The SMILES string of the molecule is CC(C)CCCCCCCCCCC1(C(=O)OCC(C)C)CCC(C(=O)O)CC1. The summed E-state index contributed by atoms with van der Waals surface area (Å²) in [6, 6.07) is 0. The molecule has 0 atom stereocenters. The molecule has 170 valence electrons. The summed E-state index contributed by atoms with van der Waals surface area (Å²) < 4.78 is 5.61. The Hall–Kier alpha value is -1.06. The van der Waals surface area contributed by atoms with Crippen LogP contribution >= 0.6 is 0 Å². The maximum absolute atomic E-state index is 12.8. The molecule has 0 radical (unpaired) electrons. The summed E-state index contributed by atoms with van der Waals surface area (Å²) in [5, 5.41) is 9.28. The molecule has 1 N–H and O–H groups in total. The van der Waals surface area contributed by atoms with E-state index in [1.54, 1.807) is 0 Å². The van der Waals surface area contributed by atoms with E-state index < -0.39 is 11.4 Å². The standard InChI is InChI=1S/C25H46O4/c1-20(2)13-11-9-7-5-6-8-10-12-16-25(24(28)29-19-21(3)4)17-14-22(15-18-25)23(26)27/h20-22H,5-19H2,1-4H3,(H,26,27). The molecule has 1 fully saturated rings. The van der Waals surface area contributed by atoms with E-state index in [2.05, 4.69) is 13.8 Å². The Labute approximate surface area is 179 Å². The molecule has 29 heavy (non-hydrogen) atoms. The molecule has 0 unspecified atom stereocenters. The predicted octanol–water partition coefficient (Wildman–Crippen LogP) is 7.00. The van der Waals surface area contributed by atoms with Crippen molar-refractivity contribution in [1.82, 2.24) is 0 Å². The molecule has 0 spiro atoms. The summed E-state index contributed by atoms with van der Waals surface area (Å²) in [7, 11) is 0. The lowest BCUT2D eigenvalue weighted by Crippen LogP contribution is -2.39. The number of esters is 1. The fourth-order valence-corrected chi connectivity index (χ4v) is 4.45. The van der Waals surface area contributed by atoms with Crippen molar-refractivity contribution < 1.29 is 19.4 Å². The lowest BCUT2D eigenvalue weighted by molar-refractivity contribution is -0.162. The Balaban J connectivity index is 2.33. The van der Waals surface area contributed by atoms with Crippen LogP contribution in [0.1, 0.15) is 118 Å². The van der Waals surface area contributed by atoms with Gasteiger partial charge in [0, 0.05) is 0 Å². The third kappa shape index (κ3) is 10.5. The highest BCUT2D eigenvalue weighted by atomic mass is 16.5. The van der Waals surface area contributed by atoms with Gasteiger partial charge in [0.2, 0.25) is 0 Å². The summed E-state index contributed by atoms with van der Waals surface area (Å²) in [6.07, 6.45) is 14.8. The normalized spacial score (nSPS) is 22.2. The highest BCUT2D eigenvalue weighted by Crippen LogP contribution is 2.44. The zero-order valence-corrected chi connectivity index (χ0v) is 19.5. The van der Waals surface area contributed by atoms with Gasteiger partial charge in [-0.15, -0.1) is 0 Å². The number of rotatable bonds is 15. The minimum Gasteiger partial charge on any atom is -0.481 e. The summed E-state index contributed by atoms with van der Waals surface area (Å²) in [6.45, 7) is 9.13. The van der Waals surface area contributed by atoms with Crippen molar-refractivity contribution in [1.29, 1.82) is 0 Å². The zero-order chi connectivity index (χ0) is 21.7. The number of ether oxygens (including phenoxy) is 1. The van der Waals surface area contributed by atoms with Gasteiger partial charge in [0.05, 0.1) is 17.9 Å². The second-order valence-corrected chi connectivity index (χ2v) is 10.1. The van der Waals surface area contributed by atoms with E-state index >= 15 is 0 Å². The van der Waals surface area contributed by atoms with Gasteiger partial charge in [-0.05, 0) is 43.9 Å². The highest BCUT2D eigenvalue weighted by molar-refractivity contribution is 5.78. The number of carboxylic acids is 1. The summed E-state index contributed by atoms with van der Waals surface area (Å²) in [5.41, 5.74) is -0.447. The Bertz CT molecular complexity index is 461. The monoisotopic (exact) mass is 410 g/mol. The summed E-state index contributed by atoms with van der Waals surface area (Å²) >= 11 is 0. The van der Waals surface area contributed by atoms with Crippen molar-refractivity contribution in [3.05, 3.63) is 0 Å². The quantitative estimate of drug-likeness (QED) is 0.233. The van der Waals surface area contributed by atoms with Crippen molar-refractivity contribution in [2.24, 2.45) is 23.2 Å². The first-order valence-corrected chi connectivity index (χ1v) is 12.2. The number of carbonyl (C=O) groups is 2. The van der Waals surface area contributed by atoms with E-state index in [1.807, 2.05) is 13.8 Å². The van der Waals surface area contributed by atoms with E-state index in [0.29, 0.717) is 38.2 Å². The smallest absolute Gasteiger partial charge is 0.312 e. The second-order valence-electron chi connectivity index (χ2n) is 10.1. The van der Waals surface area contributed by atoms with Crippen molar-refractivity contribution in [3.63, 3.8) is 0 Å². The first kappa shape index (κ1) is 26.0. The van der Waals surface area contributed by atoms with Crippen molar-refractivity contribution in [2.45, 2.75) is 118 Å². The van der Waals surface area contributed by atoms with Crippen LogP contribution in [0, 0.1) is 23.2 Å². The van der Waals surface area contributed by atoms with Crippen LogP contribution in [-0.2, 0) is 14.3 Å². The Kier molecular flexibility index (Phi) is 12.6.